The Morgan fingerprint density at radius 3 is 2.92 bits per heavy atom. The molecule has 0 saturated heterocycles. The molecule has 0 radical (unpaired) electrons. The molecule has 4 heteroatoms. The molecule has 0 atom stereocenters. The molecule has 0 spiro atoms. The van der Waals surface area contributed by atoms with E-state index in [2.05, 4.69) is 5.10 Å². The van der Waals surface area contributed by atoms with Gasteiger partial charge in [-0.3, -0.25) is 4.68 Å². The Bertz CT molecular complexity index is 450. The monoisotopic (exact) mass is 196 g/mol. The maximum atomic E-state index is 5.90. The summed E-state index contributed by atoms with van der Waals surface area (Å²) in [6, 6.07) is 5.69. The van der Waals surface area contributed by atoms with Gasteiger partial charge in [-0.15, -0.1) is 0 Å². The molecule has 1 aromatic carbocycles. The summed E-state index contributed by atoms with van der Waals surface area (Å²) in [6.45, 7) is 0. The number of fused-ring (bicyclic) bond motifs is 1. The first-order valence-corrected chi connectivity index (χ1v) is 4.26. The van der Waals surface area contributed by atoms with Crippen LogP contribution >= 0.6 is 11.6 Å². The van der Waals surface area contributed by atoms with E-state index in [4.69, 9.17) is 16.3 Å². The molecule has 68 valence electrons. The van der Waals surface area contributed by atoms with E-state index in [0.29, 0.717) is 5.15 Å². The third kappa shape index (κ3) is 1.25. The minimum atomic E-state index is 0.528. The van der Waals surface area contributed by atoms with Gasteiger partial charge in [0.05, 0.1) is 12.6 Å². The Kier molecular flexibility index (Phi) is 1.88. The fourth-order valence-electron chi connectivity index (χ4n) is 1.32. The van der Waals surface area contributed by atoms with Crippen LogP contribution in [0.2, 0.25) is 5.15 Å². The normalized spacial score (nSPS) is 10.7. The zero-order valence-electron chi connectivity index (χ0n) is 7.41. The van der Waals surface area contributed by atoms with Crippen LogP contribution in [0.25, 0.3) is 10.9 Å². The van der Waals surface area contributed by atoms with Gasteiger partial charge in [0.25, 0.3) is 0 Å². The molecule has 0 bridgehead atoms. The number of aryl methyl sites for hydroxylation is 1. The van der Waals surface area contributed by atoms with Crippen molar-refractivity contribution < 1.29 is 4.74 Å². The zero-order valence-corrected chi connectivity index (χ0v) is 8.17. The molecular weight excluding hydrogens is 188 g/mol. The Morgan fingerprint density at radius 2 is 2.23 bits per heavy atom. The van der Waals surface area contributed by atoms with Gasteiger partial charge in [-0.05, 0) is 12.1 Å². The standard InChI is InChI=1S/C9H9ClN2O/c1-12-8-5-6(13-2)3-4-7(8)9(10)11-12/h3-5H,1-2H3. The van der Waals surface area contributed by atoms with Crippen LogP contribution in [0.15, 0.2) is 18.2 Å². The number of rotatable bonds is 1. The highest BCUT2D eigenvalue weighted by atomic mass is 35.5. The van der Waals surface area contributed by atoms with Crippen molar-refractivity contribution in [2.45, 2.75) is 0 Å². The predicted molar refractivity (Wildman–Crippen MR) is 52.3 cm³/mol. The highest BCUT2D eigenvalue weighted by Crippen LogP contribution is 2.25. The lowest BCUT2D eigenvalue weighted by molar-refractivity contribution is 0.415. The van der Waals surface area contributed by atoms with Gasteiger partial charge in [-0.1, -0.05) is 11.6 Å². The second-order valence-electron chi connectivity index (χ2n) is 2.80. The van der Waals surface area contributed by atoms with Crippen molar-refractivity contribution in [3.05, 3.63) is 23.4 Å². The van der Waals surface area contributed by atoms with Gasteiger partial charge in [0, 0.05) is 18.5 Å². The van der Waals surface area contributed by atoms with E-state index >= 15 is 0 Å². The summed E-state index contributed by atoms with van der Waals surface area (Å²) in [5.74, 6) is 0.812. The van der Waals surface area contributed by atoms with Crippen LogP contribution in [0.5, 0.6) is 5.75 Å². The maximum absolute atomic E-state index is 5.90. The first-order valence-electron chi connectivity index (χ1n) is 3.88. The van der Waals surface area contributed by atoms with Gasteiger partial charge in [0.15, 0.2) is 5.15 Å². The summed E-state index contributed by atoms with van der Waals surface area (Å²) in [5, 5.41) is 5.57. The van der Waals surface area contributed by atoms with Gasteiger partial charge >= 0.3 is 0 Å². The third-order valence-electron chi connectivity index (χ3n) is 2.01. The molecule has 0 unspecified atom stereocenters. The van der Waals surface area contributed by atoms with Crippen molar-refractivity contribution in [1.29, 1.82) is 0 Å². The largest absolute Gasteiger partial charge is 0.497 e. The highest BCUT2D eigenvalue weighted by Gasteiger charge is 2.06. The summed E-state index contributed by atoms with van der Waals surface area (Å²) in [6.07, 6.45) is 0. The summed E-state index contributed by atoms with van der Waals surface area (Å²) in [5.41, 5.74) is 0.976. The average molecular weight is 197 g/mol. The second kappa shape index (κ2) is 2.92. The highest BCUT2D eigenvalue weighted by molar-refractivity contribution is 6.34. The number of hydrogen-bond acceptors (Lipinski definition) is 2. The van der Waals surface area contributed by atoms with Crippen LogP contribution in [0.1, 0.15) is 0 Å². The SMILES string of the molecule is COc1ccc2c(Cl)nn(C)c2c1. The smallest absolute Gasteiger partial charge is 0.158 e. The van der Waals surface area contributed by atoms with E-state index in [1.54, 1.807) is 11.8 Å². The molecule has 0 fully saturated rings. The van der Waals surface area contributed by atoms with E-state index < -0.39 is 0 Å². The van der Waals surface area contributed by atoms with Gasteiger partial charge < -0.3 is 4.74 Å². The molecule has 1 aromatic heterocycles. The molecule has 13 heavy (non-hydrogen) atoms. The summed E-state index contributed by atoms with van der Waals surface area (Å²) < 4.78 is 6.84. The van der Waals surface area contributed by atoms with Crippen LogP contribution in [0.3, 0.4) is 0 Å². The van der Waals surface area contributed by atoms with Crippen LogP contribution in [0.4, 0.5) is 0 Å². The minimum absolute atomic E-state index is 0.528. The summed E-state index contributed by atoms with van der Waals surface area (Å²) >= 11 is 5.90. The van der Waals surface area contributed by atoms with Crippen molar-refractivity contribution >= 4 is 22.5 Å². The Balaban J connectivity index is 2.76. The fourth-order valence-corrected chi connectivity index (χ4v) is 1.59. The van der Waals surface area contributed by atoms with Gasteiger partial charge in [-0.25, -0.2) is 0 Å². The summed E-state index contributed by atoms with van der Waals surface area (Å²) in [7, 11) is 3.49. The minimum Gasteiger partial charge on any atom is -0.497 e. The topological polar surface area (TPSA) is 27.1 Å². The molecule has 0 aliphatic carbocycles. The van der Waals surface area contributed by atoms with Crippen molar-refractivity contribution in [3.8, 4) is 5.75 Å². The Morgan fingerprint density at radius 1 is 1.46 bits per heavy atom. The first-order chi connectivity index (χ1) is 6.22. The third-order valence-corrected chi connectivity index (χ3v) is 2.29. The van der Waals surface area contributed by atoms with E-state index in [9.17, 15) is 0 Å². The average Bonchev–Trinajstić information content (AvgIpc) is 2.42. The zero-order chi connectivity index (χ0) is 9.42. The fraction of sp³-hybridized carbons (Fsp3) is 0.222. The van der Waals surface area contributed by atoms with Crippen molar-refractivity contribution in [2.24, 2.45) is 7.05 Å². The number of nitrogens with zero attached hydrogens (tertiary/aromatic N) is 2. The van der Waals surface area contributed by atoms with Gasteiger partial charge in [0.1, 0.15) is 5.75 Å². The maximum Gasteiger partial charge on any atom is 0.158 e. The van der Waals surface area contributed by atoms with Gasteiger partial charge in [-0.2, -0.15) is 5.10 Å². The quantitative estimate of drug-likeness (QED) is 0.700. The molecule has 0 saturated carbocycles. The van der Waals surface area contributed by atoms with Crippen LogP contribution in [0, 0.1) is 0 Å². The predicted octanol–water partition coefficient (Wildman–Crippen LogP) is 2.24. The van der Waals surface area contributed by atoms with E-state index in [1.807, 2.05) is 25.2 Å². The molecule has 0 amide bonds. The second-order valence-corrected chi connectivity index (χ2v) is 3.16. The van der Waals surface area contributed by atoms with Crippen molar-refractivity contribution in [1.82, 2.24) is 9.78 Å². The molecule has 2 aromatic rings. The molecule has 0 aliphatic heterocycles. The Hall–Kier alpha value is -1.22. The molecule has 3 nitrogen and oxygen atoms in total. The lowest BCUT2D eigenvalue weighted by atomic mass is 10.2. The molecule has 0 N–H and O–H groups in total. The van der Waals surface area contributed by atoms with Gasteiger partial charge in [0.2, 0.25) is 0 Å². The lowest BCUT2D eigenvalue weighted by Gasteiger charge is -1.99. The van der Waals surface area contributed by atoms with Crippen LogP contribution in [-0.4, -0.2) is 16.9 Å². The number of benzene rings is 1. The van der Waals surface area contributed by atoms with E-state index in [1.165, 1.54) is 0 Å². The number of ether oxygens (including phenoxy) is 1. The lowest BCUT2D eigenvalue weighted by Crippen LogP contribution is -1.89. The van der Waals surface area contributed by atoms with Crippen LogP contribution < -0.4 is 4.74 Å². The molecule has 2 rings (SSSR count). The number of aromatic nitrogens is 2. The van der Waals surface area contributed by atoms with E-state index in [-0.39, 0.29) is 0 Å². The van der Waals surface area contributed by atoms with E-state index in [0.717, 1.165) is 16.7 Å². The number of halogens is 1. The number of hydrogen-bond donors (Lipinski definition) is 0. The number of methoxy groups -OCH3 is 1. The molecular formula is C9H9ClN2O. The molecule has 1 heterocycles. The van der Waals surface area contributed by atoms with Crippen molar-refractivity contribution in [2.75, 3.05) is 7.11 Å². The first kappa shape index (κ1) is 8.38. The van der Waals surface area contributed by atoms with Crippen molar-refractivity contribution in [3.63, 3.8) is 0 Å². The summed E-state index contributed by atoms with van der Waals surface area (Å²) in [4.78, 5) is 0. The Labute approximate surface area is 80.9 Å². The van der Waals surface area contributed by atoms with Crippen LogP contribution in [-0.2, 0) is 7.05 Å². The molecule has 0 aliphatic rings.